The molecule has 0 amide bonds. The van der Waals surface area contributed by atoms with Gasteiger partial charge < -0.3 is 4.74 Å². The normalized spacial score (nSPS) is 10.8. The first-order valence-corrected chi connectivity index (χ1v) is 7.12. The number of carbonyl (C=O) groups excluding carboxylic acids is 1. The lowest BCUT2D eigenvalue weighted by Crippen LogP contribution is -2.07. The van der Waals surface area contributed by atoms with E-state index >= 15 is 0 Å². The van der Waals surface area contributed by atoms with Gasteiger partial charge >= 0.3 is 5.97 Å². The molecule has 0 fully saturated rings. The molecule has 0 N–H and O–H groups in total. The first kappa shape index (κ1) is 15.5. The van der Waals surface area contributed by atoms with Crippen LogP contribution in [0.5, 0.6) is 0 Å². The molecule has 5 heteroatoms. The smallest absolute Gasteiger partial charge is 0.338 e. The standard InChI is InChI=1S/C16H13Cl2NO2/c1-2-21-16(20)13-6-4-3-5-11(13)10-19-15-9-12(17)7-8-14(15)18/h3-10H,2H2,1H3. The summed E-state index contributed by atoms with van der Waals surface area (Å²) in [6.45, 7) is 2.09. The second kappa shape index (κ2) is 7.25. The fourth-order valence-electron chi connectivity index (χ4n) is 1.73. The van der Waals surface area contributed by atoms with Crippen LogP contribution in [0.1, 0.15) is 22.8 Å². The highest BCUT2D eigenvalue weighted by atomic mass is 35.5. The highest BCUT2D eigenvalue weighted by molar-refractivity contribution is 6.35. The van der Waals surface area contributed by atoms with Gasteiger partial charge in [0.25, 0.3) is 0 Å². The van der Waals surface area contributed by atoms with Gasteiger partial charge in [0.05, 0.1) is 22.9 Å². The highest BCUT2D eigenvalue weighted by Gasteiger charge is 2.10. The number of benzene rings is 2. The summed E-state index contributed by atoms with van der Waals surface area (Å²) >= 11 is 12.0. The van der Waals surface area contributed by atoms with Crippen LogP contribution >= 0.6 is 23.2 Å². The van der Waals surface area contributed by atoms with Crippen LogP contribution in [0.4, 0.5) is 5.69 Å². The number of esters is 1. The Balaban J connectivity index is 2.33. The van der Waals surface area contributed by atoms with E-state index in [2.05, 4.69) is 4.99 Å². The van der Waals surface area contributed by atoms with Crippen LogP contribution in [0, 0.1) is 0 Å². The molecule has 21 heavy (non-hydrogen) atoms. The third-order valence-corrected chi connectivity index (χ3v) is 3.26. The molecular formula is C16H13Cl2NO2. The van der Waals surface area contributed by atoms with Gasteiger partial charge in [0.2, 0.25) is 0 Å². The molecule has 2 rings (SSSR count). The Hall–Kier alpha value is -1.84. The third kappa shape index (κ3) is 4.06. The molecular weight excluding hydrogens is 309 g/mol. The van der Waals surface area contributed by atoms with Crippen LogP contribution < -0.4 is 0 Å². The summed E-state index contributed by atoms with van der Waals surface area (Å²) < 4.78 is 5.02. The predicted octanol–water partition coefficient (Wildman–Crippen LogP) is 4.92. The lowest BCUT2D eigenvalue weighted by molar-refractivity contribution is 0.0526. The SMILES string of the molecule is CCOC(=O)c1ccccc1C=Nc1cc(Cl)ccc1Cl. The molecule has 0 atom stereocenters. The van der Waals surface area contributed by atoms with E-state index in [-0.39, 0.29) is 5.97 Å². The van der Waals surface area contributed by atoms with Crippen LogP contribution in [-0.4, -0.2) is 18.8 Å². The zero-order valence-corrected chi connectivity index (χ0v) is 12.9. The van der Waals surface area contributed by atoms with E-state index in [4.69, 9.17) is 27.9 Å². The molecule has 0 aromatic heterocycles. The molecule has 0 radical (unpaired) electrons. The van der Waals surface area contributed by atoms with Crippen LogP contribution in [-0.2, 0) is 4.74 Å². The van der Waals surface area contributed by atoms with Crippen LogP contribution in [0.2, 0.25) is 10.0 Å². The van der Waals surface area contributed by atoms with Crippen molar-refractivity contribution in [2.45, 2.75) is 6.92 Å². The molecule has 0 heterocycles. The van der Waals surface area contributed by atoms with E-state index in [9.17, 15) is 4.79 Å². The number of carbonyl (C=O) groups is 1. The van der Waals surface area contributed by atoms with Crippen molar-refractivity contribution in [3.63, 3.8) is 0 Å². The second-order valence-electron chi connectivity index (χ2n) is 4.16. The molecule has 0 aliphatic carbocycles. The van der Waals surface area contributed by atoms with Gasteiger partial charge in [0.1, 0.15) is 0 Å². The van der Waals surface area contributed by atoms with E-state index in [1.54, 1.807) is 49.5 Å². The van der Waals surface area contributed by atoms with Crippen molar-refractivity contribution in [1.29, 1.82) is 0 Å². The van der Waals surface area contributed by atoms with Crippen molar-refractivity contribution in [2.75, 3.05) is 6.61 Å². The van der Waals surface area contributed by atoms with Crippen LogP contribution in [0.3, 0.4) is 0 Å². The minimum atomic E-state index is -0.378. The Labute approximate surface area is 133 Å². The van der Waals surface area contributed by atoms with Gasteiger partial charge in [-0.25, -0.2) is 4.79 Å². The van der Waals surface area contributed by atoms with Crippen molar-refractivity contribution in [3.05, 3.63) is 63.6 Å². The molecule has 0 spiro atoms. The van der Waals surface area contributed by atoms with Crippen molar-refractivity contribution < 1.29 is 9.53 Å². The van der Waals surface area contributed by atoms with Crippen molar-refractivity contribution in [2.24, 2.45) is 4.99 Å². The zero-order chi connectivity index (χ0) is 15.2. The van der Waals surface area contributed by atoms with Gasteiger partial charge in [-0.15, -0.1) is 0 Å². The first-order valence-electron chi connectivity index (χ1n) is 6.37. The topological polar surface area (TPSA) is 38.7 Å². The summed E-state index contributed by atoms with van der Waals surface area (Å²) in [6, 6.07) is 12.1. The molecule has 2 aromatic rings. The van der Waals surface area contributed by atoms with Crippen molar-refractivity contribution >= 4 is 41.1 Å². The minimum Gasteiger partial charge on any atom is -0.462 e. The molecule has 0 bridgehead atoms. The zero-order valence-electron chi connectivity index (χ0n) is 11.3. The molecule has 2 aromatic carbocycles. The Kier molecular flexibility index (Phi) is 5.37. The summed E-state index contributed by atoms with van der Waals surface area (Å²) in [5.41, 5.74) is 1.66. The van der Waals surface area contributed by atoms with E-state index in [0.717, 1.165) is 0 Å². The molecule has 0 aliphatic rings. The van der Waals surface area contributed by atoms with E-state index in [1.807, 2.05) is 6.07 Å². The number of ether oxygens (including phenoxy) is 1. The van der Waals surface area contributed by atoms with Gasteiger partial charge in [-0.05, 0) is 31.2 Å². The predicted molar refractivity (Wildman–Crippen MR) is 86.1 cm³/mol. The molecule has 0 unspecified atom stereocenters. The molecule has 0 aliphatic heterocycles. The lowest BCUT2D eigenvalue weighted by Gasteiger charge is -2.05. The van der Waals surface area contributed by atoms with Gasteiger partial charge in [0.15, 0.2) is 0 Å². The average Bonchev–Trinajstić information content (AvgIpc) is 2.49. The maximum atomic E-state index is 11.9. The van der Waals surface area contributed by atoms with Gasteiger partial charge in [0, 0.05) is 16.8 Å². The van der Waals surface area contributed by atoms with Crippen molar-refractivity contribution in [1.82, 2.24) is 0 Å². The fourth-order valence-corrected chi connectivity index (χ4v) is 2.06. The Bertz CT molecular complexity index is 684. The number of hydrogen-bond acceptors (Lipinski definition) is 3. The fraction of sp³-hybridized carbons (Fsp3) is 0.125. The summed E-state index contributed by atoms with van der Waals surface area (Å²) in [7, 11) is 0. The molecule has 108 valence electrons. The van der Waals surface area contributed by atoms with Gasteiger partial charge in [-0.1, -0.05) is 41.4 Å². The van der Waals surface area contributed by atoms with E-state index in [1.165, 1.54) is 0 Å². The molecule has 3 nitrogen and oxygen atoms in total. The summed E-state index contributed by atoms with van der Waals surface area (Å²) in [5.74, 6) is -0.378. The first-order chi connectivity index (χ1) is 10.1. The Morgan fingerprint density at radius 2 is 2.00 bits per heavy atom. The van der Waals surface area contributed by atoms with E-state index in [0.29, 0.717) is 33.5 Å². The summed E-state index contributed by atoms with van der Waals surface area (Å²) in [6.07, 6.45) is 1.57. The minimum absolute atomic E-state index is 0.324. The number of nitrogens with zero attached hydrogens (tertiary/aromatic N) is 1. The lowest BCUT2D eigenvalue weighted by atomic mass is 10.1. The highest BCUT2D eigenvalue weighted by Crippen LogP contribution is 2.28. The summed E-state index contributed by atoms with van der Waals surface area (Å²) in [4.78, 5) is 16.2. The second-order valence-corrected chi connectivity index (χ2v) is 5.01. The van der Waals surface area contributed by atoms with Crippen molar-refractivity contribution in [3.8, 4) is 0 Å². The average molecular weight is 322 g/mol. The third-order valence-electron chi connectivity index (χ3n) is 2.71. The van der Waals surface area contributed by atoms with Crippen LogP contribution in [0.15, 0.2) is 47.5 Å². The van der Waals surface area contributed by atoms with Gasteiger partial charge in [-0.2, -0.15) is 0 Å². The maximum absolute atomic E-state index is 11.9. The number of halogens is 2. The number of rotatable bonds is 4. The number of aliphatic imine (C=N–C) groups is 1. The monoisotopic (exact) mass is 321 g/mol. The number of hydrogen-bond donors (Lipinski definition) is 0. The Morgan fingerprint density at radius 3 is 2.76 bits per heavy atom. The van der Waals surface area contributed by atoms with Crippen LogP contribution in [0.25, 0.3) is 0 Å². The molecule has 0 saturated carbocycles. The largest absolute Gasteiger partial charge is 0.462 e. The van der Waals surface area contributed by atoms with E-state index < -0.39 is 0 Å². The maximum Gasteiger partial charge on any atom is 0.338 e. The Morgan fingerprint density at radius 1 is 1.24 bits per heavy atom. The quantitative estimate of drug-likeness (QED) is 0.592. The summed E-state index contributed by atoms with van der Waals surface area (Å²) in [5, 5.41) is 1.04. The molecule has 0 saturated heterocycles. The van der Waals surface area contributed by atoms with Gasteiger partial charge in [-0.3, -0.25) is 4.99 Å².